The van der Waals surface area contributed by atoms with Crippen molar-refractivity contribution in [2.45, 2.75) is 44.6 Å². The van der Waals surface area contributed by atoms with E-state index >= 15 is 0 Å². The summed E-state index contributed by atoms with van der Waals surface area (Å²) in [5, 5.41) is 3.52. The largest absolute Gasteiger partial charge is 0.313 e. The standard InChI is InChI=1S/C15H18BrF2N/c16-12-4-5-13(17)11(14(12)18)8-15(6-1-7-15)9-19-10-2-3-10/h4-5,10,19H,1-3,6-9H2. The van der Waals surface area contributed by atoms with E-state index in [4.69, 9.17) is 0 Å². The Morgan fingerprint density at radius 3 is 2.58 bits per heavy atom. The van der Waals surface area contributed by atoms with Gasteiger partial charge in [-0.1, -0.05) is 6.42 Å². The van der Waals surface area contributed by atoms with Crippen molar-refractivity contribution in [1.29, 1.82) is 0 Å². The Morgan fingerprint density at radius 2 is 2.00 bits per heavy atom. The molecule has 0 amide bonds. The van der Waals surface area contributed by atoms with Crippen LogP contribution in [0.3, 0.4) is 0 Å². The van der Waals surface area contributed by atoms with Crippen LogP contribution in [-0.2, 0) is 6.42 Å². The highest BCUT2D eigenvalue weighted by Gasteiger charge is 2.39. The molecule has 2 aliphatic carbocycles. The van der Waals surface area contributed by atoms with Gasteiger partial charge in [-0.3, -0.25) is 0 Å². The first-order valence-corrected chi connectivity index (χ1v) is 7.75. The van der Waals surface area contributed by atoms with Crippen LogP contribution >= 0.6 is 15.9 Å². The molecular formula is C15H18BrF2N. The predicted molar refractivity (Wildman–Crippen MR) is 75.1 cm³/mol. The molecule has 2 aliphatic rings. The lowest BCUT2D eigenvalue weighted by Gasteiger charge is -2.42. The first-order valence-electron chi connectivity index (χ1n) is 6.95. The van der Waals surface area contributed by atoms with Crippen LogP contribution in [0.5, 0.6) is 0 Å². The van der Waals surface area contributed by atoms with Gasteiger partial charge in [0.2, 0.25) is 0 Å². The molecule has 0 unspecified atom stereocenters. The summed E-state index contributed by atoms with van der Waals surface area (Å²) in [6.07, 6.45) is 6.30. The molecule has 1 aromatic rings. The zero-order chi connectivity index (χ0) is 13.5. The third kappa shape index (κ3) is 2.84. The van der Waals surface area contributed by atoms with E-state index in [2.05, 4.69) is 21.2 Å². The molecule has 0 saturated heterocycles. The molecule has 1 N–H and O–H groups in total. The Labute approximate surface area is 120 Å². The van der Waals surface area contributed by atoms with Gasteiger partial charge in [0, 0.05) is 18.2 Å². The smallest absolute Gasteiger partial charge is 0.143 e. The molecule has 0 spiro atoms. The maximum absolute atomic E-state index is 14.1. The molecule has 0 heterocycles. The van der Waals surface area contributed by atoms with Gasteiger partial charge in [0.05, 0.1) is 4.47 Å². The average Bonchev–Trinajstić information content (AvgIpc) is 3.15. The summed E-state index contributed by atoms with van der Waals surface area (Å²) >= 11 is 3.14. The Balaban J connectivity index is 1.76. The fraction of sp³-hybridized carbons (Fsp3) is 0.600. The molecule has 0 aliphatic heterocycles. The van der Waals surface area contributed by atoms with Gasteiger partial charge in [0.1, 0.15) is 11.6 Å². The van der Waals surface area contributed by atoms with E-state index in [0.717, 1.165) is 19.4 Å². The van der Waals surface area contributed by atoms with Crippen LogP contribution in [0.1, 0.15) is 37.7 Å². The van der Waals surface area contributed by atoms with Crippen LogP contribution in [-0.4, -0.2) is 12.6 Å². The summed E-state index contributed by atoms with van der Waals surface area (Å²) < 4.78 is 28.3. The summed E-state index contributed by atoms with van der Waals surface area (Å²) in [4.78, 5) is 0. The van der Waals surface area contributed by atoms with Gasteiger partial charge >= 0.3 is 0 Å². The van der Waals surface area contributed by atoms with Crippen LogP contribution in [0.4, 0.5) is 8.78 Å². The molecule has 1 aromatic carbocycles. The third-order valence-corrected chi connectivity index (χ3v) is 5.06. The highest BCUT2D eigenvalue weighted by Crippen LogP contribution is 2.44. The third-order valence-electron chi connectivity index (χ3n) is 4.45. The van der Waals surface area contributed by atoms with E-state index < -0.39 is 11.6 Å². The molecule has 3 rings (SSSR count). The van der Waals surface area contributed by atoms with E-state index in [-0.39, 0.29) is 11.0 Å². The molecule has 19 heavy (non-hydrogen) atoms. The van der Waals surface area contributed by atoms with Crippen LogP contribution in [0.25, 0.3) is 0 Å². The van der Waals surface area contributed by atoms with Gasteiger partial charge in [-0.2, -0.15) is 0 Å². The maximum atomic E-state index is 14.1. The van der Waals surface area contributed by atoms with Crippen molar-refractivity contribution in [1.82, 2.24) is 5.32 Å². The van der Waals surface area contributed by atoms with Gasteiger partial charge in [-0.25, -0.2) is 8.78 Å². The number of rotatable bonds is 5. The van der Waals surface area contributed by atoms with Gasteiger partial charge < -0.3 is 5.32 Å². The topological polar surface area (TPSA) is 12.0 Å². The van der Waals surface area contributed by atoms with Crippen molar-refractivity contribution in [3.8, 4) is 0 Å². The van der Waals surface area contributed by atoms with Gasteiger partial charge in [-0.15, -0.1) is 0 Å². The number of benzene rings is 1. The number of hydrogen-bond acceptors (Lipinski definition) is 1. The molecule has 4 heteroatoms. The molecular weight excluding hydrogens is 312 g/mol. The molecule has 0 aromatic heterocycles. The van der Waals surface area contributed by atoms with Crippen molar-refractivity contribution in [3.63, 3.8) is 0 Å². The normalized spacial score (nSPS) is 21.2. The maximum Gasteiger partial charge on any atom is 0.143 e. The Bertz CT molecular complexity index is 481. The van der Waals surface area contributed by atoms with Crippen LogP contribution in [0.2, 0.25) is 0 Å². The Morgan fingerprint density at radius 1 is 1.26 bits per heavy atom. The fourth-order valence-corrected chi connectivity index (χ4v) is 3.22. The van der Waals surface area contributed by atoms with Crippen LogP contribution < -0.4 is 5.32 Å². The van der Waals surface area contributed by atoms with Gasteiger partial charge in [-0.05, 0) is 65.6 Å². The van der Waals surface area contributed by atoms with Crippen molar-refractivity contribution >= 4 is 15.9 Å². The quantitative estimate of drug-likeness (QED) is 0.798. The zero-order valence-electron chi connectivity index (χ0n) is 10.8. The fourth-order valence-electron chi connectivity index (χ4n) is 2.85. The molecule has 0 bridgehead atoms. The second kappa shape index (κ2) is 5.13. The first-order chi connectivity index (χ1) is 9.10. The number of nitrogens with one attached hydrogen (secondary N) is 1. The predicted octanol–water partition coefficient (Wildman–Crippen LogP) is 4.19. The van der Waals surface area contributed by atoms with Crippen molar-refractivity contribution < 1.29 is 8.78 Å². The molecule has 0 radical (unpaired) electrons. The zero-order valence-corrected chi connectivity index (χ0v) is 12.4. The monoisotopic (exact) mass is 329 g/mol. The minimum Gasteiger partial charge on any atom is -0.313 e. The van der Waals surface area contributed by atoms with E-state index in [1.807, 2.05) is 0 Å². The van der Waals surface area contributed by atoms with Crippen LogP contribution in [0, 0.1) is 17.0 Å². The molecule has 2 saturated carbocycles. The van der Waals surface area contributed by atoms with E-state index in [1.54, 1.807) is 0 Å². The first kappa shape index (κ1) is 13.5. The number of hydrogen-bond donors (Lipinski definition) is 1. The highest BCUT2D eigenvalue weighted by atomic mass is 79.9. The minimum atomic E-state index is -0.433. The SMILES string of the molecule is Fc1ccc(Br)c(F)c1CC1(CNC2CC2)CCC1. The van der Waals surface area contributed by atoms with Crippen molar-refractivity contribution in [3.05, 3.63) is 33.8 Å². The van der Waals surface area contributed by atoms with Gasteiger partial charge in [0.15, 0.2) is 0 Å². The Kier molecular flexibility index (Phi) is 3.65. The highest BCUT2D eigenvalue weighted by molar-refractivity contribution is 9.10. The second-order valence-corrected chi connectivity index (χ2v) is 6.86. The summed E-state index contributed by atoms with van der Waals surface area (Å²) in [5.74, 6) is -0.851. The average molecular weight is 330 g/mol. The summed E-state index contributed by atoms with van der Waals surface area (Å²) in [7, 11) is 0. The lowest BCUT2D eigenvalue weighted by Crippen LogP contribution is -2.42. The summed E-state index contributed by atoms with van der Waals surface area (Å²) in [6, 6.07) is 3.43. The van der Waals surface area contributed by atoms with Crippen LogP contribution in [0.15, 0.2) is 16.6 Å². The minimum absolute atomic E-state index is 0.0606. The lowest BCUT2D eigenvalue weighted by molar-refractivity contribution is 0.126. The molecule has 2 fully saturated rings. The van der Waals surface area contributed by atoms with Crippen molar-refractivity contribution in [2.75, 3.05) is 6.54 Å². The lowest BCUT2D eigenvalue weighted by atomic mass is 9.65. The van der Waals surface area contributed by atoms with E-state index in [0.29, 0.717) is 16.9 Å². The second-order valence-electron chi connectivity index (χ2n) is 6.01. The van der Waals surface area contributed by atoms with E-state index in [1.165, 1.54) is 31.4 Å². The Hall–Kier alpha value is -0.480. The summed E-state index contributed by atoms with van der Waals surface area (Å²) in [5.41, 5.74) is 0.303. The molecule has 104 valence electrons. The number of halogens is 3. The van der Waals surface area contributed by atoms with Gasteiger partial charge in [0.25, 0.3) is 0 Å². The molecule has 1 nitrogen and oxygen atoms in total. The summed E-state index contributed by atoms with van der Waals surface area (Å²) in [6.45, 7) is 0.892. The molecule has 0 atom stereocenters. The van der Waals surface area contributed by atoms with Crippen molar-refractivity contribution in [2.24, 2.45) is 5.41 Å². The van der Waals surface area contributed by atoms with E-state index in [9.17, 15) is 8.78 Å².